The predicted octanol–water partition coefficient (Wildman–Crippen LogP) is 1.69. The first-order chi connectivity index (χ1) is 11.1. The first-order valence-corrected chi connectivity index (χ1v) is 7.29. The fraction of sp³-hybridized carbons (Fsp3) is 0.118. The van der Waals surface area contributed by atoms with E-state index in [4.69, 9.17) is 0 Å². The molecule has 6 nitrogen and oxygen atoms in total. The van der Waals surface area contributed by atoms with E-state index >= 15 is 0 Å². The molecule has 0 aliphatic carbocycles. The maximum absolute atomic E-state index is 12.2. The molecule has 0 spiro atoms. The van der Waals surface area contributed by atoms with E-state index in [1.807, 2.05) is 60.0 Å². The molecule has 4 aromatic rings. The minimum atomic E-state index is -0.722. The number of aromatic nitrogens is 4. The average molecular weight is 306 g/mol. The molecule has 0 fully saturated rings. The number of para-hydroxylation sites is 2. The lowest BCUT2D eigenvalue weighted by molar-refractivity contribution is 0.798. The minimum Gasteiger partial charge on any atom is -0.304 e. The van der Waals surface area contributed by atoms with Crippen LogP contribution in [0.25, 0.3) is 16.8 Å². The standard InChI is InChI=1S/C17H14N4O2/c1-11-6-8-12(9-7-11)10-20-13-4-2-3-5-14(13)21-16(23)15(22)18-19-17(20)21/h2-9H,10H2,1H3,(H,18,22). The van der Waals surface area contributed by atoms with E-state index in [0.717, 1.165) is 11.1 Å². The Morgan fingerprint density at radius 2 is 1.70 bits per heavy atom. The summed E-state index contributed by atoms with van der Waals surface area (Å²) in [7, 11) is 0. The molecule has 2 aromatic heterocycles. The zero-order chi connectivity index (χ0) is 16.0. The van der Waals surface area contributed by atoms with Gasteiger partial charge >= 0.3 is 11.1 Å². The van der Waals surface area contributed by atoms with Crippen LogP contribution in [0.15, 0.2) is 58.1 Å². The molecule has 4 rings (SSSR count). The monoisotopic (exact) mass is 306 g/mol. The van der Waals surface area contributed by atoms with Crippen LogP contribution in [0, 0.1) is 6.92 Å². The summed E-state index contributed by atoms with van der Waals surface area (Å²) in [6.07, 6.45) is 0. The fourth-order valence-electron chi connectivity index (χ4n) is 2.81. The van der Waals surface area contributed by atoms with Crippen molar-refractivity contribution in [3.8, 4) is 0 Å². The molecule has 0 bridgehead atoms. The van der Waals surface area contributed by atoms with E-state index < -0.39 is 11.1 Å². The van der Waals surface area contributed by atoms with E-state index in [1.165, 1.54) is 9.96 Å². The first kappa shape index (κ1) is 13.5. The number of rotatable bonds is 2. The smallest absolute Gasteiger partial charge is 0.304 e. The van der Waals surface area contributed by atoms with Crippen LogP contribution in [0.2, 0.25) is 0 Å². The Balaban J connectivity index is 2.04. The van der Waals surface area contributed by atoms with Gasteiger partial charge in [0.05, 0.1) is 17.6 Å². The van der Waals surface area contributed by atoms with Gasteiger partial charge in [-0.1, -0.05) is 42.0 Å². The molecule has 0 unspecified atom stereocenters. The van der Waals surface area contributed by atoms with Crippen molar-refractivity contribution < 1.29 is 0 Å². The van der Waals surface area contributed by atoms with Gasteiger partial charge in [-0.25, -0.2) is 9.50 Å². The quantitative estimate of drug-likeness (QED) is 0.573. The summed E-state index contributed by atoms with van der Waals surface area (Å²) in [6.45, 7) is 2.60. The zero-order valence-corrected chi connectivity index (χ0v) is 12.5. The second-order valence-corrected chi connectivity index (χ2v) is 5.55. The summed E-state index contributed by atoms with van der Waals surface area (Å²) in [5, 5.41) is 6.36. The van der Waals surface area contributed by atoms with E-state index in [9.17, 15) is 9.59 Å². The maximum Gasteiger partial charge on any atom is 0.330 e. The minimum absolute atomic E-state index is 0.427. The molecular formula is C17H14N4O2. The highest BCUT2D eigenvalue weighted by molar-refractivity contribution is 5.80. The van der Waals surface area contributed by atoms with Gasteiger partial charge < -0.3 is 4.57 Å². The summed E-state index contributed by atoms with van der Waals surface area (Å²) in [5.41, 5.74) is 2.48. The number of nitrogens with zero attached hydrogens (tertiary/aromatic N) is 3. The Bertz CT molecular complexity index is 1130. The van der Waals surface area contributed by atoms with Gasteiger partial charge in [-0.15, -0.1) is 5.10 Å². The van der Waals surface area contributed by atoms with Crippen molar-refractivity contribution in [2.45, 2.75) is 13.5 Å². The second-order valence-electron chi connectivity index (χ2n) is 5.55. The summed E-state index contributed by atoms with van der Waals surface area (Å²) >= 11 is 0. The molecule has 0 aliphatic rings. The summed E-state index contributed by atoms with van der Waals surface area (Å²) < 4.78 is 3.29. The average Bonchev–Trinajstić information content (AvgIpc) is 2.88. The van der Waals surface area contributed by atoms with E-state index in [0.29, 0.717) is 17.8 Å². The van der Waals surface area contributed by atoms with Crippen LogP contribution in [0.4, 0.5) is 0 Å². The molecular weight excluding hydrogens is 292 g/mol. The van der Waals surface area contributed by atoms with Crippen molar-refractivity contribution in [1.82, 2.24) is 19.2 Å². The molecule has 114 valence electrons. The Labute approximate surface area is 130 Å². The van der Waals surface area contributed by atoms with Gasteiger partial charge in [-0.2, -0.15) is 0 Å². The van der Waals surface area contributed by atoms with Gasteiger partial charge in [0, 0.05) is 0 Å². The SMILES string of the molecule is Cc1ccc(Cn2c3ccccc3n3c(=O)c(=O)[nH]nc23)cc1. The zero-order valence-electron chi connectivity index (χ0n) is 12.5. The number of aromatic amines is 1. The normalized spacial score (nSPS) is 11.3. The van der Waals surface area contributed by atoms with Crippen LogP contribution in [0.5, 0.6) is 0 Å². The molecule has 0 aliphatic heterocycles. The largest absolute Gasteiger partial charge is 0.330 e. The van der Waals surface area contributed by atoms with Gasteiger partial charge in [0.25, 0.3) is 0 Å². The lowest BCUT2D eigenvalue weighted by atomic mass is 10.1. The Morgan fingerprint density at radius 3 is 2.43 bits per heavy atom. The molecule has 0 saturated carbocycles. The molecule has 6 heteroatoms. The topological polar surface area (TPSA) is 72.2 Å². The highest BCUT2D eigenvalue weighted by Gasteiger charge is 2.14. The van der Waals surface area contributed by atoms with Crippen molar-refractivity contribution in [2.75, 3.05) is 0 Å². The number of aryl methyl sites for hydroxylation is 1. The van der Waals surface area contributed by atoms with Gasteiger partial charge in [0.1, 0.15) is 0 Å². The van der Waals surface area contributed by atoms with Crippen molar-refractivity contribution in [1.29, 1.82) is 0 Å². The molecule has 0 saturated heterocycles. The van der Waals surface area contributed by atoms with Crippen LogP contribution in [0.3, 0.4) is 0 Å². The Morgan fingerprint density at radius 1 is 1.00 bits per heavy atom. The molecule has 0 atom stereocenters. The van der Waals surface area contributed by atoms with Crippen LogP contribution in [-0.4, -0.2) is 19.2 Å². The van der Waals surface area contributed by atoms with Crippen molar-refractivity contribution >= 4 is 16.8 Å². The third kappa shape index (κ3) is 2.07. The number of hydrogen-bond acceptors (Lipinski definition) is 3. The number of imidazole rings is 1. The number of hydrogen-bond donors (Lipinski definition) is 1. The third-order valence-corrected chi connectivity index (χ3v) is 3.97. The molecule has 0 radical (unpaired) electrons. The van der Waals surface area contributed by atoms with Gasteiger partial charge in [-0.05, 0) is 24.6 Å². The van der Waals surface area contributed by atoms with Crippen molar-refractivity contribution in [3.05, 3.63) is 80.4 Å². The van der Waals surface area contributed by atoms with E-state index in [2.05, 4.69) is 10.2 Å². The molecule has 0 amide bonds. The van der Waals surface area contributed by atoms with Crippen LogP contribution in [0.1, 0.15) is 11.1 Å². The summed E-state index contributed by atoms with van der Waals surface area (Å²) in [4.78, 5) is 23.8. The van der Waals surface area contributed by atoms with Crippen molar-refractivity contribution in [3.63, 3.8) is 0 Å². The lowest BCUT2D eigenvalue weighted by Gasteiger charge is -2.06. The molecule has 23 heavy (non-hydrogen) atoms. The van der Waals surface area contributed by atoms with Crippen LogP contribution >= 0.6 is 0 Å². The third-order valence-electron chi connectivity index (χ3n) is 3.97. The fourth-order valence-corrected chi connectivity index (χ4v) is 2.81. The Kier molecular flexibility index (Phi) is 2.90. The van der Waals surface area contributed by atoms with Gasteiger partial charge in [0.2, 0.25) is 5.78 Å². The highest BCUT2D eigenvalue weighted by atomic mass is 16.2. The van der Waals surface area contributed by atoms with E-state index in [1.54, 1.807) is 0 Å². The Hall–Kier alpha value is -3.15. The summed E-state index contributed by atoms with van der Waals surface area (Å²) in [5.74, 6) is 0.427. The van der Waals surface area contributed by atoms with Crippen molar-refractivity contribution in [2.24, 2.45) is 0 Å². The molecule has 2 heterocycles. The number of fused-ring (bicyclic) bond motifs is 3. The number of benzene rings is 2. The highest BCUT2D eigenvalue weighted by Crippen LogP contribution is 2.19. The lowest BCUT2D eigenvalue weighted by Crippen LogP contribution is -2.33. The molecule has 1 N–H and O–H groups in total. The van der Waals surface area contributed by atoms with E-state index in [-0.39, 0.29) is 0 Å². The first-order valence-electron chi connectivity index (χ1n) is 7.29. The predicted molar refractivity (Wildman–Crippen MR) is 87.9 cm³/mol. The summed E-state index contributed by atoms with van der Waals surface area (Å²) in [6, 6.07) is 15.7. The second kappa shape index (κ2) is 4.95. The van der Waals surface area contributed by atoms with Gasteiger partial charge in [0.15, 0.2) is 0 Å². The molecule has 2 aromatic carbocycles. The van der Waals surface area contributed by atoms with Crippen LogP contribution < -0.4 is 11.1 Å². The van der Waals surface area contributed by atoms with Crippen LogP contribution in [-0.2, 0) is 6.54 Å². The maximum atomic E-state index is 12.2. The number of H-pyrrole nitrogens is 1. The number of nitrogens with one attached hydrogen (secondary N) is 1. The van der Waals surface area contributed by atoms with Gasteiger partial charge in [-0.3, -0.25) is 9.59 Å².